The number of carbonyl (C=O) groups is 1. The Morgan fingerprint density at radius 2 is 1.65 bits per heavy atom. The van der Waals surface area contributed by atoms with Crippen molar-refractivity contribution in [1.82, 2.24) is 10.4 Å². The van der Waals surface area contributed by atoms with Crippen LogP contribution in [0.1, 0.15) is 30.9 Å². The van der Waals surface area contributed by atoms with E-state index < -0.39 is 32.2 Å². The van der Waals surface area contributed by atoms with Crippen molar-refractivity contribution in [2.24, 2.45) is 0 Å². The predicted octanol–water partition coefficient (Wildman–Crippen LogP) is 3.84. The van der Waals surface area contributed by atoms with Gasteiger partial charge in [0.15, 0.2) is 14.6 Å². The number of hydroxylamine groups is 1. The van der Waals surface area contributed by atoms with Crippen LogP contribution in [0, 0.1) is 0 Å². The Kier molecular flexibility index (Phi) is 8.98. The first-order valence-electron chi connectivity index (χ1n) is 10.3. The van der Waals surface area contributed by atoms with Crippen LogP contribution in [0.2, 0.25) is 0 Å². The Morgan fingerprint density at radius 1 is 1.09 bits per heavy atom. The van der Waals surface area contributed by atoms with Gasteiger partial charge >= 0.3 is 6.18 Å². The highest BCUT2D eigenvalue weighted by atomic mass is 35.5. The first-order chi connectivity index (χ1) is 15.5. The number of amides is 1. The minimum absolute atomic E-state index is 0. The summed E-state index contributed by atoms with van der Waals surface area (Å²) < 4.78 is 68.5. The summed E-state index contributed by atoms with van der Waals surface area (Å²) in [4.78, 5) is 14.4. The molecule has 1 amide bonds. The summed E-state index contributed by atoms with van der Waals surface area (Å²) in [6, 6.07) is 10.0. The fourth-order valence-corrected chi connectivity index (χ4v) is 5.80. The fraction of sp³-hybridized carbons (Fsp3) is 0.409. The van der Waals surface area contributed by atoms with Gasteiger partial charge in [-0.05, 0) is 61.3 Å². The Labute approximate surface area is 202 Å². The first-order valence-corrected chi connectivity index (χ1v) is 11.8. The molecule has 2 N–H and O–H groups in total. The van der Waals surface area contributed by atoms with E-state index in [1.54, 1.807) is 0 Å². The second kappa shape index (κ2) is 10.9. The van der Waals surface area contributed by atoms with E-state index >= 15 is 0 Å². The van der Waals surface area contributed by atoms with E-state index in [-0.39, 0.29) is 36.8 Å². The molecule has 2 aromatic rings. The summed E-state index contributed by atoms with van der Waals surface area (Å²) in [6.45, 7) is 3.46. The van der Waals surface area contributed by atoms with Gasteiger partial charge in [-0.25, -0.2) is 13.9 Å². The molecule has 1 aliphatic heterocycles. The molecule has 0 saturated carbocycles. The molecular weight excluding hydrogens is 497 g/mol. The molecule has 7 nitrogen and oxygen atoms in total. The van der Waals surface area contributed by atoms with Crippen LogP contribution in [0.4, 0.5) is 13.2 Å². The second-order valence-electron chi connectivity index (χ2n) is 7.83. The number of sulfone groups is 1. The molecule has 3 rings (SSSR count). The smallest absolute Gasteiger partial charge is 0.416 e. The molecule has 34 heavy (non-hydrogen) atoms. The van der Waals surface area contributed by atoms with Gasteiger partial charge in [0.1, 0.15) is 12.4 Å². The Morgan fingerprint density at radius 3 is 2.12 bits per heavy atom. The van der Waals surface area contributed by atoms with Gasteiger partial charge in [0.05, 0.1) is 10.5 Å². The van der Waals surface area contributed by atoms with Crippen LogP contribution in [0.5, 0.6) is 5.75 Å². The Hall–Kier alpha value is -2.34. The van der Waals surface area contributed by atoms with Crippen LogP contribution < -0.4 is 10.2 Å². The molecule has 12 heteroatoms. The van der Waals surface area contributed by atoms with E-state index in [1.807, 2.05) is 11.8 Å². The largest absolute Gasteiger partial charge is 0.489 e. The molecule has 0 aliphatic carbocycles. The van der Waals surface area contributed by atoms with E-state index in [1.165, 1.54) is 41.9 Å². The van der Waals surface area contributed by atoms with E-state index in [9.17, 15) is 31.6 Å². The maximum atomic E-state index is 13.4. The van der Waals surface area contributed by atoms with Gasteiger partial charge < -0.3 is 9.64 Å². The molecule has 1 fully saturated rings. The molecule has 0 spiro atoms. The highest BCUT2D eigenvalue weighted by Gasteiger charge is 2.52. The third-order valence-corrected chi connectivity index (χ3v) is 8.48. The lowest BCUT2D eigenvalue weighted by molar-refractivity contribution is -0.137. The first kappa shape index (κ1) is 27.9. The van der Waals surface area contributed by atoms with E-state index in [2.05, 4.69) is 0 Å². The number of halogens is 4. The maximum Gasteiger partial charge on any atom is 0.416 e. The molecule has 0 unspecified atom stereocenters. The zero-order valence-electron chi connectivity index (χ0n) is 18.3. The molecule has 188 valence electrons. The van der Waals surface area contributed by atoms with Crippen molar-refractivity contribution >= 4 is 28.2 Å². The van der Waals surface area contributed by atoms with Crippen molar-refractivity contribution in [2.45, 2.75) is 42.2 Å². The van der Waals surface area contributed by atoms with E-state index in [4.69, 9.17) is 4.74 Å². The van der Waals surface area contributed by atoms with Crippen molar-refractivity contribution in [1.29, 1.82) is 0 Å². The SMILES string of the molecule is CCN1CCC(C(=O)NO)(S(=O)(=O)c2ccc(OCc3ccc(C(F)(F)F)cc3)cc2)CC1.Cl. The predicted molar refractivity (Wildman–Crippen MR) is 121 cm³/mol. The number of alkyl halides is 3. The van der Waals surface area contributed by atoms with E-state index in [0.717, 1.165) is 18.7 Å². The van der Waals surface area contributed by atoms with Gasteiger partial charge in [0.2, 0.25) is 0 Å². The standard InChI is InChI=1S/C22H25F3N2O5S.ClH/c1-2-27-13-11-21(12-14-27,20(28)26-29)33(30,31)19-9-7-18(8-10-19)32-15-16-3-5-17(6-4-16)22(23,24)25;/h3-10,29H,2,11-15H2,1H3,(H,26,28);1H. The third-order valence-electron chi connectivity index (χ3n) is 5.96. The zero-order chi connectivity index (χ0) is 24.3. The molecule has 1 saturated heterocycles. The molecule has 0 bridgehead atoms. The van der Waals surface area contributed by atoms with Gasteiger partial charge in [-0.3, -0.25) is 10.0 Å². The Balaban J connectivity index is 0.00000408. The molecule has 0 atom stereocenters. The number of ether oxygens (including phenoxy) is 1. The maximum absolute atomic E-state index is 13.4. The number of rotatable bonds is 7. The Bertz CT molecular complexity index is 1070. The summed E-state index contributed by atoms with van der Waals surface area (Å²) in [5, 5.41) is 9.21. The molecule has 2 aromatic carbocycles. The number of hydrogen-bond acceptors (Lipinski definition) is 6. The molecule has 0 radical (unpaired) electrons. The number of benzene rings is 2. The van der Waals surface area contributed by atoms with Crippen molar-refractivity contribution in [3.8, 4) is 5.75 Å². The molecule has 0 aromatic heterocycles. The number of piperidine rings is 1. The normalized spacial score (nSPS) is 16.4. The average molecular weight is 523 g/mol. The van der Waals surface area contributed by atoms with Crippen molar-refractivity contribution in [3.05, 3.63) is 59.7 Å². The highest BCUT2D eigenvalue weighted by molar-refractivity contribution is 7.93. The molecule has 1 aliphatic rings. The van der Waals surface area contributed by atoms with Crippen molar-refractivity contribution < 1.29 is 36.3 Å². The van der Waals surface area contributed by atoms with Gasteiger partial charge in [-0.1, -0.05) is 19.1 Å². The second-order valence-corrected chi connectivity index (χ2v) is 10.1. The van der Waals surface area contributed by atoms with Crippen LogP contribution in [0.3, 0.4) is 0 Å². The average Bonchev–Trinajstić information content (AvgIpc) is 2.82. The van der Waals surface area contributed by atoms with Gasteiger partial charge in [-0.15, -0.1) is 12.4 Å². The van der Waals surface area contributed by atoms with Crippen molar-refractivity contribution in [3.63, 3.8) is 0 Å². The highest BCUT2D eigenvalue weighted by Crippen LogP contribution is 2.36. The third kappa shape index (κ3) is 5.65. The van der Waals surface area contributed by atoms with Crippen LogP contribution in [0.15, 0.2) is 53.4 Å². The summed E-state index contributed by atoms with van der Waals surface area (Å²) in [6.07, 6.45) is -4.33. The monoisotopic (exact) mass is 522 g/mol. The lowest BCUT2D eigenvalue weighted by atomic mass is 9.95. The van der Waals surface area contributed by atoms with Gasteiger partial charge in [0.25, 0.3) is 5.91 Å². The number of likely N-dealkylation sites (tertiary alicyclic amines) is 1. The minimum atomic E-state index is -4.42. The quantitative estimate of drug-likeness (QED) is 0.424. The number of nitrogens with zero attached hydrogens (tertiary/aromatic N) is 1. The van der Waals surface area contributed by atoms with E-state index in [0.29, 0.717) is 24.4 Å². The number of hydrogen-bond donors (Lipinski definition) is 2. The summed E-state index contributed by atoms with van der Waals surface area (Å²) in [7, 11) is -4.13. The zero-order valence-corrected chi connectivity index (χ0v) is 20.0. The van der Waals surface area contributed by atoms with Crippen LogP contribution in [0.25, 0.3) is 0 Å². The van der Waals surface area contributed by atoms with Gasteiger partial charge in [0, 0.05) is 13.1 Å². The van der Waals surface area contributed by atoms with Crippen molar-refractivity contribution in [2.75, 3.05) is 19.6 Å². The van der Waals surface area contributed by atoms with Crippen LogP contribution in [-0.4, -0.2) is 48.8 Å². The topological polar surface area (TPSA) is 95.9 Å². The number of nitrogens with one attached hydrogen (secondary N) is 1. The summed E-state index contributed by atoms with van der Waals surface area (Å²) in [5.41, 5.74) is 1.27. The van der Waals surface area contributed by atoms with Crippen LogP contribution in [-0.2, 0) is 27.4 Å². The van der Waals surface area contributed by atoms with Gasteiger partial charge in [-0.2, -0.15) is 13.2 Å². The minimum Gasteiger partial charge on any atom is -0.489 e. The van der Waals surface area contributed by atoms with Crippen LogP contribution >= 0.6 is 12.4 Å². The molecular formula is C22H26ClF3N2O5S. The lowest BCUT2D eigenvalue weighted by Gasteiger charge is -2.39. The summed E-state index contributed by atoms with van der Waals surface area (Å²) >= 11 is 0. The lowest BCUT2D eigenvalue weighted by Crippen LogP contribution is -2.57. The fourth-order valence-electron chi connectivity index (χ4n) is 3.85. The molecule has 1 heterocycles. The number of carbonyl (C=O) groups excluding carboxylic acids is 1. The summed E-state index contributed by atoms with van der Waals surface area (Å²) in [5.74, 6) is -0.642.